The van der Waals surface area contributed by atoms with Gasteiger partial charge in [-0.25, -0.2) is 5.43 Å². The number of aromatic hydroxyl groups is 1. The molecule has 0 saturated carbocycles. The molecule has 29 heavy (non-hydrogen) atoms. The molecule has 6 nitrogen and oxygen atoms in total. The summed E-state index contributed by atoms with van der Waals surface area (Å²) in [5, 5.41) is 22.6. The number of hydrazone groups is 1. The third kappa shape index (κ3) is 6.23. The highest BCUT2D eigenvalue weighted by atomic mass is 79.9. The maximum atomic E-state index is 12.0. The Morgan fingerprint density at radius 1 is 1.07 bits per heavy atom. The van der Waals surface area contributed by atoms with Crippen LogP contribution < -0.4 is 5.43 Å². The van der Waals surface area contributed by atoms with Crippen LogP contribution in [0.5, 0.6) is 5.75 Å². The van der Waals surface area contributed by atoms with Crippen LogP contribution in [0.15, 0.2) is 86.5 Å². The SMILES string of the molecule is O=C(Cc1ccc(Br)cc1)N/N=C\c1cc(N=Nc2ccccc2Cl)ccc1O. The minimum atomic E-state index is -0.266. The lowest BCUT2D eigenvalue weighted by Crippen LogP contribution is -2.19. The number of phenolic OH excluding ortho intramolecular Hbond substituents is 1. The van der Waals surface area contributed by atoms with Gasteiger partial charge in [0.05, 0.1) is 23.3 Å². The molecule has 8 heteroatoms. The summed E-state index contributed by atoms with van der Waals surface area (Å²) in [6, 6.07) is 19.2. The van der Waals surface area contributed by atoms with Crippen molar-refractivity contribution in [2.24, 2.45) is 15.3 Å². The summed E-state index contributed by atoms with van der Waals surface area (Å²) >= 11 is 9.40. The smallest absolute Gasteiger partial charge is 0.244 e. The van der Waals surface area contributed by atoms with E-state index in [1.165, 1.54) is 12.3 Å². The molecular formula is C21H16BrClN4O2. The monoisotopic (exact) mass is 470 g/mol. The van der Waals surface area contributed by atoms with Crippen LogP contribution >= 0.6 is 27.5 Å². The Hall–Kier alpha value is -3.03. The molecule has 0 atom stereocenters. The van der Waals surface area contributed by atoms with Crippen molar-refractivity contribution in [1.29, 1.82) is 0 Å². The Labute approximate surface area is 181 Å². The Kier molecular flexibility index (Phi) is 7.10. The number of halogens is 2. The van der Waals surface area contributed by atoms with Crippen molar-refractivity contribution in [3.63, 3.8) is 0 Å². The fourth-order valence-electron chi connectivity index (χ4n) is 2.35. The average molecular weight is 472 g/mol. The maximum absolute atomic E-state index is 12.0. The molecule has 0 spiro atoms. The number of carbonyl (C=O) groups is 1. The highest BCUT2D eigenvalue weighted by Crippen LogP contribution is 2.27. The van der Waals surface area contributed by atoms with E-state index in [2.05, 4.69) is 36.7 Å². The standard InChI is InChI=1S/C21H16BrClN4O2/c22-16-7-5-14(6-8-16)11-21(29)27-24-13-15-12-17(9-10-20(15)28)25-26-19-4-2-1-3-18(19)23/h1-10,12-13,28H,11H2,(H,27,29)/b24-13-,26-25?. The molecule has 0 aliphatic carbocycles. The van der Waals surface area contributed by atoms with E-state index in [0.717, 1.165) is 10.0 Å². The van der Waals surface area contributed by atoms with Crippen LogP contribution in [0, 0.1) is 0 Å². The zero-order chi connectivity index (χ0) is 20.6. The Bertz CT molecular complexity index is 1070. The van der Waals surface area contributed by atoms with Crippen LogP contribution in [0.2, 0.25) is 5.02 Å². The first-order valence-corrected chi connectivity index (χ1v) is 9.74. The van der Waals surface area contributed by atoms with Crippen molar-refractivity contribution in [3.05, 3.63) is 87.4 Å². The number of nitrogens with zero attached hydrogens (tertiary/aromatic N) is 3. The minimum absolute atomic E-state index is 0.00704. The molecule has 3 aromatic carbocycles. The first kappa shape index (κ1) is 20.7. The second kappa shape index (κ2) is 9.95. The third-order valence-electron chi connectivity index (χ3n) is 3.81. The van der Waals surface area contributed by atoms with Crippen LogP contribution in [0.1, 0.15) is 11.1 Å². The second-order valence-electron chi connectivity index (χ2n) is 5.99. The van der Waals surface area contributed by atoms with Crippen molar-refractivity contribution in [2.75, 3.05) is 0 Å². The number of rotatable bonds is 6. The molecular weight excluding hydrogens is 456 g/mol. The molecule has 0 aromatic heterocycles. The molecule has 3 aromatic rings. The molecule has 0 heterocycles. The number of hydrogen-bond donors (Lipinski definition) is 2. The highest BCUT2D eigenvalue weighted by Gasteiger charge is 2.04. The Balaban J connectivity index is 1.64. The van der Waals surface area contributed by atoms with Gasteiger partial charge in [0.1, 0.15) is 11.4 Å². The van der Waals surface area contributed by atoms with Crippen molar-refractivity contribution in [2.45, 2.75) is 6.42 Å². The van der Waals surface area contributed by atoms with Gasteiger partial charge < -0.3 is 5.11 Å². The van der Waals surface area contributed by atoms with Crippen LogP contribution in [-0.2, 0) is 11.2 Å². The Morgan fingerprint density at radius 3 is 2.59 bits per heavy atom. The number of carbonyl (C=O) groups excluding carboxylic acids is 1. The van der Waals surface area contributed by atoms with Crippen molar-refractivity contribution < 1.29 is 9.90 Å². The molecule has 0 saturated heterocycles. The van der Waals surface area contributed by atoms with E-state index in [-0.39, 0.29) is 18.1 Å². The second-order valence-corrected chi connectivity index (χ2v) is 7.31. The molecule has 0 aliphatic rings. The van der Waals surface area contributed by atoms with E-state index >= 15 is 0 Å². The van der Waals surface area contributed by atoms with Crippen LogP contribution in [-0.4, -0.2) is 17.2 Å². The van der Waals surface area contributed by atoms with E-state index in [1.54, 1.807) is 24.3 Å². The van der Waals surface area contributed by atoms with Gasteiger partial charge >= 0.3 is 0 Å². The first-order chi connectivity index (χ1) is 14.0. The highest BCUT2D eigenvalue weighted by molar-refractivity contribution is 9.10. The van der Waals surface area contributed by atoms with E-state index in [4.69, 9.17) is 11.6 Å². The van der Waals surface area contributed by atoms with Gasteiger partial charge in [0.15, 0.2) is 0 Å². The Morgan fingerprint density at radius 2 is 1.83 bits per heavy atom. The van der Waals surface area contributed by atoms with E-state index in [1.807, 2.05) is 36.4 Å². The number of benzene rings is 3. The summed E-state index contributed by atoms with van der Waals surface area (Å²) in [6.07, 6.45) is 1.55. The van der Waals surface area contributed by atoms with E-state index in [0.29, 0.717) is 22.0 Å². The summed E-state index contributed by atoms with van der Waals surface area (Å²) in [7, 11) is 0. The van der Waals surface area contributed by atoms with Crippen LogP contribution in [0.25, 0.3) is 0 Å². The lowest BCUT2D eigenvalue weighted by molar-refractivity contribution is -0.120. The molecule has 0 radical (unpaired) electrons. The third-order valence-corrected chi connectivity index (χ3v) is 4.66. The number of amides is 1. The fourth-order valence-corrected chi connectivity index (χ4v) is 2.79. The van der Waals surface area contributed by atoms with Gasteiger partial charge in [-0.3, -0.25) is 4.79 Å². The first-order valence-electron chi connectivity index (χ1n) is 8.57. The molecule has 2 N–H and O–H groups in total. The molecule has 0 bridgehead atoms. The minimum Gasteiger partial charge on any atom is -0.507 e. The molecule has 1 amide bonds. The van der Waals surface area contributed by atoms with Crippen molar-refractivity contribution in [1.82, 2.24) is 5.43 Å². The zero-order valence-electron chi connectivity index (χ0n) is 15.1. The lowest BCUT2D eigenvalue weighted by atomic mass is 10.1. The van der Waals surface area contributed by atoms with Crippen LogP contribution in [0.4, 0.5) is 11.4 Å². The fraction of sp³-hybridized carbons (Fsp3) is 0.0476. The quantitative estimate of drug-likeness (QED) is 0.266. The van der Waals surface area contributed by atoms with Crippen molar-refractivity contribution >= 4 is 51.0 Å². The summed E-state index contributed by atoms with van der Waals surface area (Å²) < 4.78 is 0.946. The number of azo groups is 1. The molecule has 3 rings (SSSR count). The average Bonchev–Trinajstić information content (AvgIpc) is 2.71. The van der Waals surface area contributed by atoms with Gasteiger partial charge in [-0.1, -0.05) is 51.8 Å². The molecule has 0 unspecified atom stereocenters. The summed E-state index contributed by atoms with van der Waals surface area (Å²) in [5.74, 6) is -0.259. The predicted octanol–water partition coefficient (Wildman–Crippen LogP) is 5.92. The molecule has 0 fully saturated rings. The van der Waals surface area contributed by atoms with Gasteiger partial charge in [-0.15, -0.1) is 5.11 Å². The molecule has 146 valence electrons. The van der Waals surface area contributed by atoms with Crippen LogP contribution in [0.3, 0.4) is 0 Å². The largest absolute Gasteiger partial charge is 0.507 e. The zero-order valence-corrected chi connectivity index (χ0v) is 17.4. The summed E-state index contributed by atoms with van der Waals surface area (Å²) in [4.78, 5) is 12.0. The summed E-state index contributed by atoms with van der Waals surface area (Å²) in [6.45, 7) is 0. The van der Waals surface area contributed by atoms with Gasteiger partial charge in [-0.2, -0.15) is 10.2 Å². The maximum Gasteiger partial charge on any atom is 0.244 e. The lowest BCUT2D eigenvalue weighted by Gasteiger charge is -2.02. The number of phenols is 1. The van der Waals surface area contributed by atoms with Gasteiger partial charge in [0.2, 0.25) is 5.91 Å². The van der Waals surface area contributed by atoms with Crippen molar-refractivity contribution in [3.8, 4) is 5.75 Å². The number of nitrogens with one attached hydrogen (secondary N) is 1. The predicted molar refractivity (Wildman–Crippen MR) is 117 cm³/mol. The molecule has 0 aliphatic heterocycles. The normalized spacial score (nSPS) is 11.2. The van der Waals surface area contributed by atoms with E-state index < -0.39 is 0 Å². The topological polar surface area (TPSA) is 86.4 Å². The van der Waals surface area contributed by atoms with Gasteiger partial charge in [0, 0.05) is 10.0 Å². The van der Waals surface area contributed by atoms with Gasteiger partial charge in [-0.05, 0) is 48.0 Å². The van der Waals surface area contributed by atoms with E-state index in [9.17, 15) is 9.90 Å². The number of hydrogen-bond acceptors (Lipinski definition) is 5. The van der Waals surface area contributed by atoms with Gasteiger partial charge in [0.25, 0.3) is 0 Å². The summed E-state index contributed by atoms with van der Waals surface area (Å²) in [5.41, 5.74) is 4.75.